The zero-order valence-electron chi connectivity index (χ0n) is 7.94. The van der Waals surface area contributed by atoms with Gasteiger partial charge in [0.15, 0.2) is 0 Å². The van der Waals surface area contributed by atoms with Gasteiger partial charge in [-0.2, -0.15) is 8.42 Å². The van der Waals surface area contributed by atoms with E-state index in [0.717, 1.165) is 6.26 Å². The number of carbonyl (C=O) groups is 1. The first-order chi connectivity index (χ1) is 5.87. The highest BCUT2D eigenvalue weighted by atomic mass is 32.2. The molecule has 0 aliphatic carbocycles. The first-order valence-corrected chi connectivity index (χ1v) is 5.60. The molecule has 5 nitrogen and oxygen atoms in total. The van der Waals surface area contributed by atoms with Gasteiger partial charge in [-0.1, -0.05) is 6.92 Å². The summed E-state index contributed by atoms with van der Waals surface area (Å²) in [6.07, 6.45) is 1.30. The highest BCUT2D eigenvalue weighted by Gasteiger charge is 2.13. The van der Waals surface area contributed by atoms with Gasteiger partial charge in [0.25, 0.3) is 10.1 Å². The van der Waals surface area contributed by atoms with Crippen LogP contribution in [0.5, 0.6) is 0 Å². The quantitative estimate of drug-likeness (QED) is 0.477. The van der Waals surface area contributed by atoms with Gasteiger partial charge in [-0.25, -0.2) is 0 Å². The fourth-order valence-electron chi connectivity index (χ4n) is 0.695. The first-order valence-electron chi connectivity index (χ1n) is 3.79. The van der Waals surface area contributed by atoms with Crippen LogP contribution in [-0.4, -0.2) is 34.4 Å². The molecule has 13 heavy (non-hydrogen) atoms. The number of esters is 1. The van der Waals surface area contributed by atoms with Crippen molar-refractivity contribution in [2.24, 2.45) is 5.92 Å². The SMILES string of the molecule is COC(=O)[C@@H](C)CCOS(C)(=O)=O. The first kappa shape index (κ1) is 12.4. The van der Waals surface area contributed by atoms with E-state index in [1.807, 2.05) is 0 Å². The molecular formula is C7H14O5S. The number of carbonyl (C=O) groups excluding carboxylic acids is 1. The van der Waals surface area contributed by atoms with Gasteiger partial charge in [-0.15, -0.1) is 0 Å². The fourth-order valence-corrected chi connectivity index (χ4v) is 1.09. The average molecular weight is 210 g/mol. The predicted octanol–water partition coefficient (Wildman–Crippen LogP) is 0.162. The van der Waals surface area contributed by atoms with E-state index >= 15 is 0 Å². The minimum absolute atomic E-state index is 0.00903. The molecule has 0 radical (unpaired) electrons. The monoisotopic (exact) mass is 210 g/mol. The topological polar surface area (TPSA) is 69.7 Å². The van der Waals surface area contributed by atoms with E-state index in [9.17, 15) is 13.2 Å². The summed E-state index contributed by atoms with van der Waals surface area (Å²) in [5.74, 6) is -0.705. The van der Waals surface area contributed by atoms with Crippen molar-refractivity contribution in [2.45, 2.75) is 13.3 Å². The Morgan fingerprint density at radius 3 is 2.38 bits per heavy atom. The van der Waals surface area contributed by atoms with E-state index in [1.54, 1.807) is 6.92 Å². The lowest BCUT2D eigenvalue weighted by Gasteiger charge is -2.07. The molecule has 0 spiro atoms. The summed E-state index contributed by atoms with van der Waals surface area (Å²) in [6, 6.07) is 0. The second-order valence-electron chi connectivity index (χ2n) is 2.74. The highest BCUT2D eigenvalue weighted by molar-refractivity contribution is 7.85. The Bertz CT molecular complexity index is 256. The molecule has 0 saturated carbocycles. The molecule has 0 unspecified atom stereocenters. The summed E-state index contributed by atoms with van der Waals surface area (Å²) < 4.78 is 29.9. The molecule has 0 N–H and O–H groups in total. The van der Waals surface area contributed by atoms with Crippen LogP contribution >= 0.6 is 0 Å². The number of rotatable bonds is 5. The van der Waals surface area contributed by atoms with E-state index in [2.05, 4.69) is 8.92 Å². The van der Waals surface area contributed by atoms with E-state index in [-0.39, 0.29) is 18.5 Å². The summed E-state index contributed by atoms with van der Waals surface area (Å²) in [4.78, 5) is 10.8. The second kappa shape index (κ2) is 5.18. The number of methoxy groups -OCH3 is 1. The molecule has 6 heteroatoms. The van der Waals surface area contributed by atoms with Gasteiger partial charge in [0.05, 0.1) is 25.9 Å². The third-order valence-corrected chi connectivity index (χ3v) is 2.05. The van der Waals surface area contributed by atoms with E-state index < -0.39 is 10.1 Å². The van der Waals surface area contributed by atoms with Crippen LogP contribution < -0.4 is 0 Å². The van der Waals surface area contributed by atoms with E-state index in [4.69, 9.17) is 0 Å². The van der Waals surface area contributed by atoms with Crippen LogP contribution in [0.1, 0.15) is 13.3 Å². The van der Waals surface area contributed by atoms with Crippen LogP contribution in [0.4, 0.5) is 0 Å². The Morgan fingerprint density at radius 2 is 2.00 bits per heavy atom. The molecule has 0 bridgehead atoms. The molecular weight excluding hydrogens is 196 g/mol. The van der Waals surface area contributed by atoms with Gasteiger partial charge in [-0.3, -0.25) is 8.98 Å². The van der Waals surface area contributed by atoms with Crippen molar-refractivity contribution in [1.29, 1.82) is 0 Å². The lowest BCUT2D eigenvalue weighted by Crippen LogP contribution is -2.16. The molecule has 0 aliphatic heterocycles. The van der Waals surface area contributed by atoms with Gasteiger partial charge in [0.1, 0.15) is 0 Å². The van der Waals surface area contributed by atoms with Crippen LogP contribution in [0.25, 0.3) is 0 Å². The third kappa shape index (κ3) is 6.53. The summed E-state index contributed by atoms with van der Waals surface area (Å²) in [5, 5.41) is 0. The molecule has 1 atom stereocenters. The van der Waals surface area contributed by atoms with Gasteiger partial charge in [-0.05, 0) is 6.42 Å². The summed E-state index contributed by atoms with van der Waals surface area (Å²) in [6.45, 7) is 1.66. The molecule has 0 rings (SSSR count). The highest BCUT2D eigenvalue weighted by Crippen LogP contribution is 2.04. The zero-order valence-corrected chi connectivity index (χ0v) is 8.76. The molecule has 0 aromatic carbocycles. The molecule has 0 saturated heterocycles. The lowest BCUT2D eigenvalue weighted by molar-refractivity contribution is -0.145. The van der Waals surface area contributed by atoms with Gasteiger partial charge < -0.3 is 4.74 Å². The van der Waals surface area contributed by atoms with E-state index in [1.165, 1.54) is 7.11 Å². The van der Waals surface area contributed by atoms with Crippen molar-refractivity contribution >= 4 is 16.1 Å². The van der Waals surface area contributed by atoms with Crippen molar-refractivity contribution in [3.8, 4) is 0 Å². The Balaban J connectivity index is 3.72. The van der Waals surface area contributed by atoms with Crippen molar-refractivity contribution in [1.82, 2.24) is 0 Å². The molecule has 0 aromatic rings. The smallest absolute Gasteiger partial charge is 0.308 e. The fraction of sp³-hybridized carbons (Fsp3) is 0.857. The molecule has 0 amide bonds. The Hall–Kier alpha value is -0.620. The van der Waals surface area contributed by atoms with Crippen molar-refractivity contribution < 1.29 is 22.1 Å². The largest absolute Gasteiger partial charge is 0.469 e. The molecule has 0 aliphatic rings. The third-order valence-electron chi connectivity index (χ3n) is 1.45. The Kier molecular flexibility index (Phi) is 4.94. The summed E-state index contributed by atoms with van der Waals surface area (Å²) in [7, 11) is -2.12. The molecule has 0 aromatic heterocycles. The standard InChI is InChI=1S/C7H14O5S/c1-6(7(8)11-2)4-5-12-13(3,9)10/h6H,4-5H2,1-3H3/t6-/m0/s1. The Labute approximate surface area is 78.2 Å². The minimum Gasteiger partial charge on any atom is -0.469 e. The molecule has 0 fully saturated rings. The van der Waals surface area contributed by atoms with Crippen LogP contribution in [0.2, 0.25) is 0 Å². The summed E-state index contributed by atoms with van der Waals surface area (Å²) in [5.41, 5.74) is 0. The zero-order chi connectivity index (χ0) is 10.5. The van der Waals surface area contributed by atoms with Crippen molar-refractivity contribution in [3.05, 3.63) is 0 Å². The van der Waals surface area contributed by atoms with Gasteiger partial charge in [0.2, 0.25) is 0 Å². The number of hydrogen-bond acceptors (Lipinski definition) is 5. The maximum absolute atomic E-state index is 10.8. The average Bonchev–Trinajstić information content (AvgIpc) is 2.00. The van der Waals surface area contributed by atoms with Crippen LogP contribution in [0.15, 0.2) is 0 Å². The van der Waals surface area contributed by atoms with Crippen molar-refractivity contribution in [2.75, 3.05) is 20.0 Å². The van der Waals surface area contributed by atoms with Gasteiger partial charge >= 0.3 is 5.97 Å². The second-order valence-corrected chi connectivity index (χ2v) is 4.38. The Morgan fingerprint density at radius 1 is 1.46 bits per heavy atom. The number of ether oxygens (including phenoxy) is 1. The maximum atomic E-state index is 10.8. The van der Waals surface area contributed by atoms with Crippen LogP contribution in [-0.2, 0) is 23.8 Å². The maximum Gasteiger partial charge on any atom is 0.308 e. The minimum atomic E-state index is -3.40. The normalized spacial score (nSPS) is 13.8. The van der Waals surface area contributed by atoms with Crippen LogP contribution in [0.3, 0.4) is 0 Å². The summed E-state index contributed by atoms with van der Waals surface area (Å²) >= 11 is 0. The van der Waals surface area contributed by atoms with Crippen LogP contribution in [0, 0.1) is 5.92 Å². The van der Waals surface area contributed by atoms with Crippen molar-refractivity contribution in [3.63, 3.8) is 0 Å². The predicted molar refractivity (Wildman–Crippen MR) is 46.6 cm³/mol. The van der Waals surface area contributed by atoms with E-state index in [0.29, 0.717) is 6.42 Å². The lowest BCUT2D eigenvalue weighted by atomic mass is 10.1. The number of hydrogen-bond donors (Lipinski definition) is 0. The van der Waals surface area contributed by atoms with Gasteiger partial charge in [0, 0.05) is 0 Å². The molecule has 0 heterocycles. The molecule has 78 valence electrons.